The second-order valence-electron chi connectivity index (χ2n) is 8.16. The van der Waals surface area contributed by atoms with Crippen LogP contribution in [0.2, 0.25) is 0 Å². The van der Waals surface area contributed by atoms with Gasteiger partial charge in [-0.2, -0.15) is 0 Å². The average molecular weight is 477 g/mol. The van der Waals surface area contributed by atoms with Gasteiger partial charge >= 0.3 is 6.03 Å². The van der Waals surface area contributed by atoms with Gasteiger partial charge in [-0.1, -0.05) is 11.8 Å². The number of fused-ring (bicyclic) bond motifs is 1. The van der Waals surface area contributed by atoms with Crippen LogP contribution in [0.15, 0.2) is 12.3 Å². The van der Waals surface area contributed by atoms with Gasteiger partial charge in [-0.15, -0.1) is 0 Å². The summed E-state index contributed by atoms with van der Waals surface area (Å²) in [7, 11) is -3.85. The number of rotatable bonds is 6. The van der Waals surface area contributed by atoms with E-state index < -0.39 is 27.1 Å². The van der Waals surface area contributed by atoms with Gasteiger partial charge in [0.25, 0.3) is 5.91 Å². The predicted octanol–water partition coefficient (Wildman–Crippen LogP) is -1.22. The van der Waals surface area contributed by atoms with Gasteiger partial charge in [0, 0.05) is 43.3 Å². The van der Waals surface area contributed by atoms with Crippen molar-refractivity contribution < 1.29 is 33.1 Å². The fraction of sp³-hybridized carbons (Fsp3) is 0.476. The number of carbonyl (C=O) groups excluding carboxylic acids is 3. The summed E-state index contributed by atoms with van der Waals surface area (Å²) < 4.78 is 23.7. The van der Waals surface area contributed by atoms with Crippen LogP contribution in [0.4, 0.5) is 4.79 Å². The van der Waals surface area contributed by atoms with Gasteiger partial charge < -0.3 is 14.9 Å². The van der Waals surface area contributed by atoms with E-state index in [2.05, 4.69) is 23.7 Å². The highest BCUT2D eigenvalue weighted by Gasteiger charge is 2.44. The third-order valence-corrected chi connectivity index (χ3v) is 7.93. The molecule has 2 aliphatic rings. The number of hydrogen-bond donors (Lipinski definition) is 3. The number of nitrogens with zero attached hydrogens (tertiary/aromatic N) is 3. The summed E-state index contributed by atoms with van der Waals surface area (Å²) in [5.41, 5.74) is 2.65. The van der Waals surface area contributed by atoms with Crippen LogP contribution < -0.4 is 5.48 Å². The highest BCUT2D eigenvalue weighted by Crippen LogP contribution is 2.25. The van der Waals surface area contributed by atoms with Crippen molar-refractivity contribution in [2.75, 3.05) is 32.5 Å². The number of likely N-dealkylation sites (tertiary alicyclic amines) is 1. The minimum Gasteiger partial charge on any atom is -0.387 e. The lowest BCUT2D eigenvalue weighted by molar-refractivity contribution is -0.139. The van der Waals surface area contributed by atoms with Gasteiger partial charge in [-0.3, -0.25) is 19.4 Å². The first-order valence-corrected chi connectivity index (χ1v) is 11.9. The first-order valence-electron chi connectivity index (χ1n) is 10.0. The molecule has 12 heteroatoms. The Kier molecular flexibility index (Phi) is 6.84. The lowest BCUT2D eigenvalue weighted by Crippen LogP contribution is -2.50. The molecule has 1 saturated heterocycles. The van der Waals surface area contributed by atoms with Crippen molar-refractivity contribution in [2.24, 2.45) is 5.92 Å². The van der Waals surface area contributed by atoms with Crippen molar-refractivity contribution in [1.82, 2.24) is 19.8 Å². The minimum atomic E-state index is -3.85. The number of hydroxylamine groups is 1. The summed E-state index contributed by atoms with van der Waals surface area (Å²) in [6.07, 6.45) is 2.29. The van der Waals surface area contributed by atoms with Gasteiger partial charge in [0.2, 0.25) is 5.91 Å². The van der Waals surface area contributed by atoms with Crippen LogP contribution in [-0.2, 0) is 26.0 Å². The Bertz CT molecular complexity index is 1210. The normalized spacial score (nSPS) is 17.2. The summed E-state index contributed by atoms with van der Waals surface area (Å²) in [4.78, 5) is 38.8. The Morgan fingerprint density at radius 2 is 2.00 bits per heavy atom. The Morgan fingerprint density at radius 3 is 2.58 bits per heavy atom. The minimum absolute atomic E-state index is 0.00117. The second-order valence-corrected chi connectivity index (χ2v) is 10.6. The molecule has 0 unspecified atom stereocenters. The number of aromatic nitrogens is 1. The van der Waals surface area contributed by atoms with E-state index in [9.17, 15) is 22.8 Å². The molecule has 0 spiro atoms. The highest BCUT2D eigenvalue weighted by molar-refractivity contribution is 7.92. The van der Waals surface area contributed by atoms with Gasteiger partial charge in [0.15, 0.2) is 14.6 Å². The molecule has 1 fully saturated rings. The molecule has 1 atom stereocenters. The van der Waals surface area contributed by atoms with E-state index in [0.29, 0.717) is 24.3 Å². The zero-order chi connectivity index (χ0) is 24.4. The van der Waals surface area contributed by atoms with Crippen LogP contribution in [-0.4, -0.2) is 88.2 Å². The summed E-state index contributed by atoms with van der Waals surface area (Å²) in [5, 5.41) is 17.7. The molecule has 0 bridgehead atoms. The Labute approximate surface area is 191 Å². The molecule has 3 N–H and O–H groups in total. The van der Waals surface area contributed by atoms with Crippen molar-refractivity contribution in [3.8, 4) is 23.7 Å². The SMILES string of the molecule is C[C@@](CCN1Cc2cc(C#CC#CC3CN(C(=O)CO)C3)cn2C1=O)(C(=O)NO)S(C)(=O)=O. The highest BCUT2D eigenvalue weighted by atomic mass is 32.2. The summed E-state index contributed by atoms with van der Waals surface area (Å²) >= 11 is 0. The van der Waals surface area contributed by atoms with Crippen LogP contribution in [0, 0.1) is 29.6 Å². The number of nitrogens with one attached hydrogen (secondary N) is 1. The third-order valence-electron chi connectivity index (χ3n) is 5.90. The lowest BCUT2D eigenvalue weighted by atomic mass is 10.0. The van der Waals surface area contributed by atoms with Crippen LogP contribution in [0.5, 0.6) is 0 Å². The van der Waals surface area contributed by atoms with Crippen molar-refractivity contribution in [3.63, 3.8) is 0 Å². The number of aliphatic hydroxyl groups excluding tert-OH is 1. The van der Waals surface area contributed by atoms with E-state index in [1.54, 1.807) is 12.3 Å². The maximum absolute atomic E-state index is 12.7. The molecule has 2 aliphatic heterocycles. The molecule has 3 rings (SSSR count). The smallest absolute Gasteiger partial charge is 0.328 e. The zero-order valence-electron chi connectivity index (χ0n) is 18.2. The van der Waals surface area contributed by atoms with Gasteiger partial charge in [0.05, 0.1) is 12.5 Å². The molecule has 1 aromatic heterocycles. The molecule has 3 heterocycles. The van der Waals surface area contributed by atoms with E-state index >= 15 is 0 Å². The topological polar surface area (TPSA) is 149 Å². The van der Waals surface area contributed by atoms with E-state index in [-0.39, 0.29) is 37.4 Å². The molecule has 0 saturated carbocycles. The number of aliphatic hydroxyl groups is 1. The summed E-state index contributed by atoms with van der Waals surface area (Å²) in [6, 6.07) is 1.36. The quantitative estimate of drug-likeness (QED) is 0.265. The first kappa shape index (κ1) is 24.3. The number of sulfone groups is 1. The van der Waals surface area contributed by atoms with E-state index in [0.717, 1.165) is 6.26 Å². The third kappa shape index (κ3) is 4.88. The fourth-order valence-electron chi connectivity index (χ4n) is 3.52. The van der Waals surface area contributed by atoms with Crippen LogP contribution in [0.3, 0.4) is 0 Å². The number of carbonyl (C=O) groups is 3. The van der Waals surface area contributed by atoms with Gasteiger partial charge in [-0.05, 0) is 31.3 Å². The fourth-order valence-corrected chi connectivity index (χ4v) is 4.36. The van der Waals surface area contributed by atoms with E-state index in [4.69, 9.17) is 10.3 Å². The van der Waals surface area contributed by atoms with Crippen molar-refractivity contribution in [2.45, 2.75) is 24.6 Å². The lowest BCUT2D eigenvalue weighted by Gasteiger charge is -2.35. The molecular weight excluding hydrogens is 452 g/mol. The van der Waals surface area contributed by atoms with E-state index in [1.165, 1.54) is 26.8 Å². The maximum Gasteiger partial charge on any atom is 0.328 e. The Balaban J connectivity index is 1.58. The predicted molar refractivity (Wildman–Crippen MR) is 115 cm³/mol. The average Bonchev–Trinajstić information content (AvgIpc) is 3.26. The van der Waals surface area contributed by atoms with Crippen LogP contribution in [0.1, 0.15) is 24.6 Å². The Morgan fingerprint density at radius 1 is 1.30 bits per heavy atom. The molecule has 1 aromatic rings. The Hall–Kier alpha value is -3.32. The standard InChI is InChI=1S/C21H24N4O7S/c1-21(19(28)22-30,33(2,31)32)7-8-23-13-17-9-15(12-25(17)20(23)29)5-3-4-6-16-10-24(11-16)18(27)14-26/h9,12,16,26,30H,7-8,10-11,13-14H2,1-2H3,(H,22,28)/t21-/m1/s1. The maximum atomic E-state index is 12.7. The second kappa shape index (κ2) is 9.27. The molecule has 0 radical (unpaired) electrons. The molecule has 0 aliphatic carbocycles. The monoisotopic (exact) mass is 476 g/mol. The zero-order valence-corrected chi connectivity index (χ0v) is 19.0. The molecule has 11 nitrogen and oxygen atoms in total. The van der Waals surface area contributed by atoms with E-state index in [1.807, 2.05) is 0 Å². The number of hydrogen-bond acceptors (Lipinski definition) is 7. The summed E-state index contributed by atoms with van der Waals surface area (Å²) in [6.45, 7) is 1.86. The molecule has 0 aromatic carbocycles. The molecule has 33 heavy (non-hydrogen) atoms. The molecule has 176 valence electrons. The van der Waals surface area contributed by atoms with Crippen molar-refractivity contribution in [3.05, 3.63) is 23.5 Å². The molecular formula is C21H24N4O7S. The van der Waals surface area contributed by atoms with Crippen molar-refractivity contribution in [1.29, 1.82) is 0 Å². The number of amides is 3. The van der Waals surface area contributed by atoms with Crippen molar-refractivity contribution >= 4 is 27.7 Å². The van der Waals surface area contributed by atoms with Gasteiger partial charge in [-0.25, -0.2) is 18.7 Å². The van der Waals surface area contributed by atoms with Crippen LogP contribution in [0.25, 0.3) is 0 Å². The van der Waals surface area contributed by atoms with Crippen LogP contribution >= 0.6 is 0 Å². The first-order chi connectivity index (χ1) is 15.5. The largest absolute Gasteiger partial charge is 0.387 e. The van der Waals surface area contributed by atoms with Gasteiger partial charge in [0.1, 0.15) is 6.61 Å². The molecule has 3 amide bonds. The summed E-state index contributed by atoms with van der Waals surface area (Å²) in [5.74, 6) is 9.90.